The van der Waals surface area contributed by atoms with E-state index >= 15 is 0 Å². The predicted molar refractivity (Wildman–Crippen MR) is 70.4 cm³/mol. The zero-order valence-electron chi connectivity index (χ0n) is 11.6. The van der Waals surface area contributed by atoms with E-state index in [1.54, 1.807) is 0 Å². The highest BCUT2D eigenvalue weighted by Crippen LogP contribution is 2.33. The fourth-order valence-corrected chi connectivity index (χ4v) is 2.51. The largest absolute Gasteiger partial charge is 0.444 e. The number of oxazole rings is 1. The molecule has 1 saturated carbocycles. The minimum atomic E-state index is 0.196. The first-order valence-corrected chi connectivity index (χ1v) is 7.02. The van der Waals surface area contributed by atoms with E-state index in [0.29, 0.717) is 12.0 Å². The van der Waals surface area contributed by atoms with Crippen LogP contribution in [0, 0.1) is 5.92 Å². The van der Waals surface area contributed by atoms with Gasteiger partial charge in [0.2, 0.25) is 5.89 Å². The van der Waals surface area contributed by atoms with Gasteiger partial charge in [-0.3, -0.25) is 0 Å². The number of aromatic nitrogens is 1. The molecule has 1 fully saturated rings. The van der Waals surface area contributed by atoms with Crippen molar-refractivity contribution >= 4 is 0 Å². The van der Waals surface area contributed by atoms with Crippen molar-refractivity contribution in [2.45, 2.75) is 52.2 Å². The average Bonchev–Trinajstić information content (AvgIpc) is 2.75. The van der Waals surface area contributed by atoms with Gasteiger partial charge in [-0.25, -0.2) is 4.98 Å². The highest BCUT2D eigenvalue weighted by atomic mass is 16.5. The maximum Gasteiger partial charge on any atom is 0.211 e. The van der Waals surface area contributed by atoms with E-state index < -0.39 is 0 Å². The maximum atomic E-state index is 5.79. The molecular weight excluding hydrogens is 228 g/mol. The Bertz CT molecular complexity index is 358. The van der Waals surface area contributed by atoms with Crippen LogP contribution in [0.4, 0.5) is 0 Å². The number of ether oxygens (including phenoxy) is 1. The van der Waals surface area contributed by atoms with E-state index in [1.165, 1.54) is 0 Å². The molecule has 1 unspecified atom stereocenters. The summed E-state index contributed by atoms with van der Waals surface area (Å²) in [5.74, 6) is 2.51. The van der Waals surface area contributed by atoms with Crippen LogP contribution in [0.5, 0.6) is 0 Å². The number of rotatable bonds is 7. The van der Waals surface area contributed by atoms with Gasteiger partial charge in [-0.1, -0.05) is 6.92 Å². The Balaban J connectivity index is 1.77. The molecule has 1 N–H and O–H groups in total. The Morgan fingerprint density at radius 3 is 2.94 bits per heavy atom. The summed E-state index contributed by atoms with van der Waals surface area (Å²) in [5, 5.41) is 3.30. The predicted octanol–water partition coefficient (Wildman–Crippen LogP) is 2.70. The lowest BCUT2D eigenvalue weighted by atomic mass is 9.79. The fraction of sp³-hybridized carbons (Fsp3) is 0.786. The van der Waals surface area contributed by atoms with Crippen LogP contribution in [0.2, 0.25) is 0 Å². The van der Waals surface area contributed by atoms with Gasteiger partial charge in [0.05, 0.1) is 18.3 Å². The first-order chi connectivity index (χ1) is 8.72. The molecule has 4 heteroatoms. The van der Waals surface area contributed by atoms with Gasteiger partial charge >= 0.3 is 0 Å². The second-order valence-electron chi connectivity index (χ2n) is 5.06. The minimum absolute atomic E-state index is 0.196. The molecular formula is C14H24N2O2. The summed E-state index contributed by atoms with van der Waals surface area (Å²) in [6, 6.07) is 0.196. The molecule has 0 aromatic carbocycles. The first-order valence-electron chi connectivity index (χ1n) is 7.02. The Labute approximate surface area is 109 Å². The normalized spacial score (nSPS) is 24.8. The summed E-state index contributed by atoms with van der Waals surface area (Å²) in [7, 11) is 0. The molecule has 1 aliphatic rings. The summed E-state index contributed by atoms with van der Waals surface area (Å²) in [6.07, 6.45) is 5.66. The molecule has 0 bridgehead atoms. The molecule has 1 aromatic heterocycles. The molecule has 0 saturated heterocycles. The number of nitrogens with zero attached hydrogens (tertiary/aromatic N) is 1. The first kappa shape index (κ1) is 13.6. The molecule has 1 heterocycles. The lowest BCUT2D eigenvalue weighted by Crippen LogP contribution is -2.32. The van der Waals surface area contributed by atoms with Crippen molar-refractivity contribution < 1.29 is 9.15 Å². The Morgan fingerprint density at radius 1 is 1.50 bits per heavy atom. The van der Waals surface area contributed by atoms with E-state index in [0.717, 1.165) is 44.1 Å². The van der Waals surface area contributed by atoms with E-state index in [1.807, 2.05) is 6.20 Å². The third-order valence-corrected chi connectivity index (χ3v) is 3.54. The lowest BCUT2D eigenvalue weighted by Gasteiger charge is -2.34. The zero-order chi connectivity index (χ0) is 13.0. The van der Waals surface area contributed by atoms with Crippen molar-refractivity contribution in [3.05, 3.63) is 17.8 Å². The molecule has 0 radical (unpaired) electrons. The standard InChI is InChI=1S/C14H24N2O2/c1-4-15-10(3)14-16-9-13(18-14)8-11-6-12(7-11)17-5-2/h9-12,15H,4-8H2,1-3H3. The third kappa shape index (κ3) is 3.33. The van der Waals surface area contributed by atoms with Gasteiger partial charge in [0, 0.05) is 13.0 Å². The quantitative estimate of drug-likeness (QED) is 0.810. The van der Waals surface area contributed by atoms with E-state index in [9.17, 15) is 0 Å². The summed E-state index contributed by atoms with van der Waals surface area (Å²) in [5.41, 5.74) is 0. The second kappa shape index (κ2) is 6.34. The molecule has 1 aliphatic carbocycles. The van der Waals surface area contributed by atoms with Gasteiger partial charge in [-0.05, 0) is 39.2 Å². The minimum Gasteiger partial charge on any atom is -0.444 e. The van der Waals surface area contributed by atoms with Crippen LogP contribution in [-0.2, 0) is 11.2 Å². The van der Waals surface area contributed by atoms with Crippen LogP contribution in [0.3, 0.4) is 0 Å². The topological polar surface area (TPSA) is 47.3 Å². The van der Waals surface area contributed by atoms with Gasteiger partial charge in [0.15, 0.2) is 0 Å². The van der Waals surface area contributed by atoms with Crippen LogP contribution in [0.25, 0.3) is 0 Å². The Kier molecular flexibility index (Phi) is 4.78. The summed E-state index contributed by atoms with van der Waals surface area (Å²) in [6.45, 7) is 7.97. The van der Waals surface area contributed by atoms with Crippen molar-refractivity contribution in [2.24, 2.45) is 5.92 Å². The molecule has 1 atom stereocenters. The van der Waals surface area contributed by atoms with Gasteiger partial charge in [0.1, 0.15) is 5.76 Å². The van der Waals surface area contributed by atoms with Gasteiger partial charge in [0.25, 0.3) is 0 Å². The highest BCUT2D eigenvalue weighted by molar-refractivity contribution is 5.00. The smallest absolute Gasteiger partial charge is 0.211 e. The van der Waals surface area contributed by atoms with Crippen molar-refractivity contribution in [3.63, 3.8) is 0 Å². The van der Waals surface area contributed by atoms with Crippen LogP contribution >= 0.6 is 0 Å². The second-order valence-corrected chi connectivity index (χ2v) is 5.06. The third-order valence-electron chi connectivity index (χ3n) is 3.54. The lowest BCUT2D eigenvalue weighted by molar-refractivity contribution is -0.0252. The fourth-order valence-electron chi connectivity index (χ4n) is 2.51. The molecule has 0 aliphatic heterocycles. The van der Waals surface area contributed by atoms with Crippen molar-refractivity contribution in [3.8, 4) is 0 Å². The van der Waals surface area contributed by atoms with Crippen molar-refractivity contribution in [2.75, 3.05) is 13.2 Å². The molecule has 102 valence electrons. The zero-order valence-corrected chi connectivity index (χ0v) is 11.6. The Hall–Kier alpha value is -0.870. The summed E-state index contributed by atoms with van der Waals surface area (Å²) in [4.78, 5) is 4.34. The van der Waals surface area contributed by atoms with Crippen LogP contribution in [0.1, 0.15) is 51.3 Å². The van der Waals surface area contributed by atoms with Crippen LogP contribution < -0.4 is 5.32 Å². The number of hydrogen-bond acceptors (Lipinski definition) is 4. The highest BCUT2D eigenvalue weighted by Gasteiger charge is 2.30. The van der Waals surface area contributed by atoms with Gasteiger partial charge in [-0.15, -0.1) is 0 Å². The monoisotopic (exact) mass is 252 g/mol. The summed E-state index contributed by atoms with van der Waals surface area (Å²) < 4.78 is 11.4. The van der Waals surface area contributed by atoms with Gasteiger partial charge in [-0.2, -0.15) is 0 Å². The summed E-state index contributed by atoms with van der Waals surface area (Å²) >= 11 is 0. The molecule has 4 nitrogen and oxygen atoms in total. The van der Waals surface area contributed by atoms with Crippen molar-refractivity contribution in [1.82, 2.24) is 10.3 Å². The SMILES string of the molecule is CCNC(C)c1ncc(CC2CC(OCC)C2)o1. The molecule has 0 amide bonds. The van der Waals surface area contributed by atoms with Crippen LogP contribution in [-0.4, -0.2) is 24.2 Å². The average molecular weight is 252 g/mol. The number of nitrogens with one attached hydrogen (secondary N) is 1. The van der Waals surface area contributed by atoms with E-state index in [-0.39, 0.29) is 6.04 Å². The van der Waals surface area contributed by atoms with Crippen molar-refractivity contribution in [1.29, 1.82) is 0 Å². The van der Waals surface area contributed by atoms with Crippen LogP contribution in [0.15, 0.2) is 10.6 Å². The van der Waals surface area contributed by atoms with E-state index in [2.05, 4.69) is 31.1 Å². The maximum absolute atomic E-state index is 5.79. The number of hydrogen-bond donors (Lipinski definition) is 1. The molecule has 1 aromatic rings. The molecule has 0 spiro atoms. The van der Waals surface area contributed by atoms with Gasteiger partial charge < -0.3 is 14.5 Å². The Morgan fingerprint density at radius 2 is 2.28 bits per heavy atom. The molecule has 2 rings (SSSR count). The van der Waals surface area contributed by atoms with E-state index in [4.69, 9.17) is 9.15 Å². The molecule has 18 heavy (non-hydrogen) atoms.